The van der Waals surface area contributed by atoms with Gasteiger partial charge in [0.25, 0.3) is 5.91 Å². The number of esters is 1. The van der Waals surface area contributed by atoms with Crippen molar-refractivity contribution in [2.45, 2.75) is 26.7 Å². The SMILES string of the molecule is CCOc1ccccc1NC(=O)COC(=O)Cc1coc2cc(CC)ccc12. The summed E-state index contributed by atoms with van der Waals surface area (Å²) in [5.41, 5.74) is 3.19. The minimum absolute atomic E-state index is 0.0429. The second-order valence-corrected chi connectivity index (χ2v) is 6.26. The molecule has 0 saturated carbocycles. The van der Waals surface area contributed by atoms with Gasteiger partial charge in [0.2, 0.25) is 0 Å². The van der Waals surface area contributed by atoms with Gasteiger partial charge in [0.15, 0.2) is 6.61 Å². The molecule has 2 aromatic carbocycles. The third-order valence-corrected chi connectivity index (χ3v) is 4.29. The molecule has 0 saturated heterocycles. The van der Waals surface area contributed by atoms with Gasteiger partial charge >= 0.3 is 5.97 Å². The van der Waals surface area contributed by atoms with Crippen LogP contribution >= 0.6 is 0 Å². The smallest absolute Gasteiger partial charge is 0.310 e. The van der Waals surface area contributed by atoms with Crippen molar-refractivity contribution < 1.29 is 23.5 Å². The fourth-order valence-electron chi connectivity index (χ4n) is 2.87. The number of carbonyl (C=O) groups is 2. The maximum Gasteiger partial charge on any atom is 0.310 e. The lowest BCUT2D eigenvalue weighted by atomic mass is 10.1. The van der Waals surface area contributed by atoms with Crippen molar-refractivity contribution in [1.29, 1.82) is 0 Å². The van der Waals surface area contributed by atoms with Crippen LogP contribution in [0.1, 0.15) is 25.0 Å². The van der Waals surface area contributed by atoms with E-state index >= 15 is 0 Å². The van der Waals surface area contributed by atoms with Crippen LogP contribution in [0.2, 0.25) is 0 Å². The molecule has 1 aromatic heterocycles. The fraction of sp³-hybridized carbons (Fsp3) is 0.273. The molecule has 1 N–H and O–H groups in total. The normalized spacial score (nSPS) is 10.6. The monoisotopic (exact) mass is 381 g/mol. The fourth-order valence-corrected chi connectivity index (χ4v) is 2.87. The third-order valence-electron chi connectivity index (χ3n) is 4.29. The Balaban J connectivity index is 1.55. The zero-order valence-electron chi connectivity index (χ0n) is 16.0. The van der Waals surface area contributed by atoms with Crippen LogP contribution in [0.25, 0.3) is 11.0 Å². The number of nitrogens with one attached hydrogen (secondary N) is 1. The predicted octanol–water partition coefficient (Wildman–Crippen LogP) is 4.12. The first-order valence-electron chi connectivity index (χ1n) is 9.27. The molecule has 28 heavy (non-hydrogen) atoms. The summed E-state index contributed by atoms with van der Waals surface area (Å²) in [6.07, 6.45) is 2.51. The van der Waals surface area contributed by atoms with Crippen molar-refractivity contribution in [3.05, 3.63) is 59.9 Å². The molecule has 3 aromatic rings. The van der Waals surface area contributed by atoms with Gasteiger partial charge in [-0.05, 0) is 37.1 Å². The largest absolute Gasteiger partial charge is 0.492 e. The summed E-state index contributed by atoms with van der Waals surface area (Å²) >= 11 is 0. The van der Waals surface area contributed by atoms with E-state index in [-0.39, 0.29) is 13.0 Å². The van der Waals surface area contributed by atoms with E-state index in [4.69, 9.17) is 13.9 Å². The Morgan fingerprint density at radius 1 is 1.11 bits per heavy atom. The maximum absolute atomic E-state index is 12.1. The Kier molecular flexibility index (Phi) is 6.32. The van der Waals surface area contributed by atoms with Crippen LogP contribution in [0.15, 0.2) is 53.1 Å². The van der Waals surface area contributed by atoms with E-state index in [1.165, 1.54) is 5.56 Å². The third kappa shape index (κ3) is 4.71. The molecule has 1 amide bonds. The molecule has 0 fully saturated rings. The highest BCUT2D eigenvalue weighted by Crippen LogP contribution is 2.24. The van der Waals surface area contributed by atoms with E-state index in [2.05, 4.69) is 12.2 Å². The summed E-state index contributed by atoms with van der Waals surface area (Å²) in [6, 6.07) is 13.0. The molecule has 0 atom stereocenters. The highest BCUT2D eigenvalue weighted by Gasteiger charge is 2.14. The molecule has 0 aliphatic carbocycles. The molecule has 0 unspecified atom stereocenters. The van der Waals surface area contributed by atoms with Gasteiger partial charge in [-0.25, -0.2) is 0 Å². The summed E-state index contributed by atoms with van der Waals surface area (Å²) in [5.74, 6) is -0.346. The van der Waals surface area contributed by atoms with E-state index in [1.54, 1.807) is 24.5 Å². The number of carbonyl (C=O) groups excluding carboxylic acids is 2. The molecule has 6 nitrogen and oxygen atoms in total. The average molecular weight is 381 g/mol. The first-order valence-corrected chi connectivity index (χ1v) is 9.27. The second-order valence-electron chi connectivity index (χ2n) is 6.26. The first-order chi connectivity index (χ1) is 13.6. The summed E-state index contributed by atoms with van der Waals surface area (Å²) in [7, 11) is 0. The quantitative estimate of drug-likeness (QED) is 0.594. The number of benzene rings is 2. The van der Waals surface area contributed by atoms with Crippen LogP contribution in [-0.4, -0.2) is 25.1 Å². The van der Waals surface area contributed by atoms with Crippen molar-refractivity contribution in [2.24, 2.45) is 0 Å². The number of furan rings is 1. The topological polar surface area (TPSA) is 77.8 Å². The summed E-state index contributed by atoms with van der Waals surface area (Å²) in [4.78, 5) is 24.2. The van der Waals surface area contributed by atoms with E-state index in [9.17, 15) is 9.59 Å². The standard InChI is InChI=1S/C22H23NO5/c1-3-15-9-10-17-16(13-27-20(17)11-15)12-22(25)28-14-21(24)23-18-7-5-6-8-19(18)26-4-2/h5-11,13H,3-4,12,14H2,1-2H3,(H,23,24). The molecule has 3 rings (SSSR count). The van der Waals surface area contributed by atoms with Crippen LogP contribution < -0.4 is 10.1 Å². The van der Waals surface area contributed by atoms with E-state index in [0.29, 0.717) is 18.0 Å². The molecule has 0 bridgehead atoms. The first kappa shape index (κ1) is 19.5. The number of hydrogen-bond acceptors (Lipinski definition) is 5. The molecule has 6 heteroatoms. The van der Waals surface area contributed by atoms with E-state index in [1.807, 2.05) is 31.2 Å². The van der Waals surface area contributed by atoms with Gasteiger partial charge in [0.1, 0.15) is 11.3 Å². The number of aryl methyl sites for hydroxylation is 1. The van der Waals surface area contributed by atoms with Gasteiger partial charge < -0.3 is 19.2 Å². The Morgan fingerprint density at radius 2 is 1.93 bits per heavy atom. The number of ether oxygens (including phenoxy) is 2. The molecular formula is C22H23NO5. The van der Waals surface area contributed by atoms with Gasteiger partial charge in [-0.15, -0.1) is 0 Å². The number of anilines is 1. The average Bonchev–Trinajstić information content (AvgIpc) is 3.10. The molecular weight excluding hydrogens is 358 g/mol. The van der Waals surface area contributed by atoms with Gasteiger partial charge in [-0.3, -0.25) is 9.59 Å². The van der Waals surface area contributed by atoms with Gasteiger partial charge in [-0.2, -0.15) is 0 Å². The number of para-hydroxylation sites is 2. The number of hydrogen-bond donors (Lipinski definition) is 1. The van der Waals surface area contributed by atoms with Crippen LogP contribution in [0.5, 0.6) is 5.75 Å². The highest BCUT2D eigenvalue weighted by molar-refractivity contribution is 5.94. The summed E-state index contributed by atoms with van der Waals surface area (Å²) in [6.45, 7) is 4.05. The summed E-state index contributed by atoms with van der Waals surface area (Å²) < 4.78 is 16.1. The van der Waals surface area contributed by atoms with Crippen molar-refractivity contribution >= 4 is 28.5 Å². The second kappa shape index (κ2) is 9.08. The van der Waals surface area contributed by atoms with Crippen molar-refractivity contribution in [3.63, 3.8) is 0 Å². The molecule has 0 radical (unpaired) electrons. The van der Waals surface area contributed by atoms with Crippen molar-refractivity contribution in [3.8, 4) is 5.75 Å². The van der Waals surface area contributed by atoms with Gasteiger partial charge in [-0.1, -0.05) is 31.2 Å². The lowest BCUT2D eigenvalue weighted by molar-refractivity contribution is -0.146. The van der Waals surface area contributed by atoms with Gasteiger partial charge in [0.05, 0.1) is 25.0 Å². The molecule has 0 spiro atoms. The number of amides is 1. The lowest BCUT2D eigenvalue weighted by Crippen LogP contribution is -2.22. The molecule has 1 heterocycles. The summed E-state index contributed by atoms with van der Waals surface area (Å²) in [5, 5.41) is 3.57. The maximum atomic E-state index is 12.1. The zero-order valence-corrected chi connectivity index (χ0v) is 16.0. The number of rotatable bonds is 8. The van der Waals surface area contributed by atoms with Crippen molar-refractivity contribution in [2.75, 3.05) is 18.5 Å². The van der Waals surface area contributed by atoms with Crippen LogP contribution in [-0.2, 0) is 27.2 Å². The Bertz CT molecular complexity index is 976. The van der Waals surface area contributed by atoms with E-state index in [0.717, 1.165) is 23.0 Å². The van der Waals surface area contributed by atoms with Crippen LogP contribution in [0.4, 0.5) is 5.69 Å². The van der Waals surface area contributed by atoms with Gasteiger partial charge in [0, 0.05) is 10.9 Å². The van der Waals surface area contributed by atoms with Crippen molar-refractivity contribution in [1.82, 2.24) is 0 Å². The minimum Gasteiger partial charge on any atom is -0.492 e. The van der Waals surface area contributed by atoms with Crippen LogP contribution in [0, 0.1) is 0 Å². The zero-order chi connectivity index (χ0) is 19.9. The lowest BCUT2D eigenvalue weighted by Gasteiger charge is -2.11. The van der Waals surface area contributed by atoms with E-state index < -0.39 is 11.9 Å². The molecule has 0 aliphatic rings. The predicted molar refractivity (Wildman–Crippen MR) is 106 cm³/mol. The Hall–Kier alpha value is -3.28. The minimum atomic E-state index is -0.490. The molecule has 0 aliphatic heterocycles. The Labute approximate surface area is 163 Å². The van der Waals surface area contributed by atoms with Crippen LogP contribution in [0.3, 0.4) is 0 Å². The highest BCUT2D eigenvalue weighted by atomic mass is 16.5. The molecule has 146 valence electrons. The number of fused-ring (bicyclic) bond motifs is 1. The Morgan fingerprint density at radius 3 is 2.71 bits per heavy atom.